The summed E-state index contributed by atoms with van der Waals surface area (Å²) in [5.74, 6) is 2.05. The monoisotopic (exact) mass is 398 g/mol. The van der Waals surface area contributed by atoms with Crippen molar-refractivity contribution >= 4 is 5.91 Å². The van der Waals surface area contributed by atoms with Crippen molar-refractivity contribution in [3.63, 3.8) is 0 Å². The number of rotatable bonds is 8. The van der Waals surface area contributed by atoms with Crippen LogP contribution in [0.2, 0.25) is 0 Å². The van der Waals surface area contributed by atoms with E-state index in [1.807, 2.05) is 0 Å². The number of piperidine rings is 1. The predicted octanol–water partition coefficient (Wildman–Crippen LogP) is 4.40. The van der Waals surface area contributed by atoms with Crippen LogP contribution in [0.5, 0.6) is 5.75 Å². The van der Waals surface area contributed by atoms with Gasteiger partial charge in [-0.15, -0.1) is 0 Å². The van der Waals surface area contributed by atoms with Gasteiger partial charge in [-0.05, 0) is 74.9 Å². The van der Waals surface area contributed by atoms with Gasteiger partial charge in [-0.3, -0.25) is 4.79 Å². The molecule has 2 aliphatic heterocycles. The van der Waals surface area contributed by atoms with Crippen LogP contribution >= 0.6 is 0 Å². The van der Waals surface area contributed by atoms with Gasteiger partial charge in [0.1, 0.15) is 5.75 Å². The van der Waals surface area contributed by atoms with E-state index in [0.29, 0.717) is 23.3 Å². The Balaban J connectivity index is 1.40. The summed E-state index contributed by atoms with van der Waals surface area (Å²) in [4.78, 5) is 16.4. The fourth-order valence-electron chi connectivity index (χ4n) is 6.31. The topological polar surface area (TPSA) is 32.8 Å². The molecule has 2 saturated heterocycles. The molecule has 1 aromatic rings. The molecule has 0 unspecified atom stereocenters. The lowest BCUT2D eigenvalue weighted by atomic mass is 9.56. The molecule has 0 N–H and O–H groups in total. The summed E-state index contributed by atoms with van der Waals surface area (Å²) in [6, 6.07) is 7.45. The predicted molar refractivity (Wildman–Crippen MR) is 117 cm³/mol. The van der Waals surface area contributed by atoms with Gasteiger partial charge in [-0.2, -0.15) is 0 Å². The molecule has 160 valence electrons. The summed E-state index contributed by atoms with van der Waals surface area (Å²) in [5, 5.41) is 0. The molecular formula is C25H38N2O2. The molecule has 4 nitrogen and oxygen atoms in total. The zero-order valence-electron chi connectivity index (χ0n) is 18.6. The number of nitrogens with zero attached hydrogens (tertiary/aromatic N) is 2. The van der Waals surface area contributed by atoms with E-state index in [9.17, 15) is 4.79 Å². The molecular weight excluding hydrogens is 360 g/mol. The van der Waals surface area contributed by atoms with Crippen molar-refractivity contribution in [1.29, 1.82) is 0 Å². The van der Waals surface area contributed by atoms with E-state index >= 15 is 0 Å². The fraction of sp³-hybridized carbons (Fsp3) is 0.720. The molecule has 4 heteroatoms. The normalized spacial score (nSPS) is 29.2. The molecule has 0 aromatic heterocycles. The number of hydrogen-bond donors (Lipinski definition) is 0. The average molecular weight is 399 g/mol. The van der Waals surface area contributed by atoms with E-state index in [2.05, 4.69) is 42.0 Å². The van der Waals surface area contributed by atoms with Gasteiger partial charge in [0.05, 0.1) is 7.11 Å². The zero-order chi connectivity index (χ0) is 20.4. The lowest BCUT2D eigenvalue weighted by Gasteiger charge is -2.55. The first-order valence-corrected chi connectivity index (χ1v) is 11.7. The molecule has 1 aliphatic carbocycles. The van der Waals surface area contributed by atoms with E-state index < -0.39 is 0 Å². The summed E-state index contributed by atoms with van der Waals surface area (Å²) in [6.45, 7) is 5.63. The van der Waals surface area contributed by atoms with Crippen LogP contribution < -0.4 is 4.74 Å². The second-order valence-corrected chi connectivity index (χ2v) is 9.62. The third-order valence-corrected chi connectivity index (χ3v) is 8.18. The molecule has 1 aromatic carbocycles. The summed E-state index contributed by atoms with van der Waals surface area (Å²) in [5.41, 5.74) is 3.40. The van der Waals surface area contributed by atoms with Crippen LogP contribution in [0.1, 0.15) is 69.4 Å². The van der Waals surface area contributed by atoms with E-state index in [4.69, 9.17) is 4.74 Å². The van der Waals surface area contributed by atoms with Gasteiger partial charge in [0.2, 0.25) is 5.91 Å². The van der Waals surface area contributed by atoms with Gasteiger partial charge >= 0.3 is 0 Å². The minimum atomic E-state index is 0.296. The Kier molecular flexibility index (Phi) is 6.19. The molecule has 4 rings (SSSR count). The lowest BCUT2D eigenvalue weighted by Crippen LogP contribution is -2.57. The maximum Gasteiger partial charge on any atom is 0.222 e. The Morgan fingerprint density at radius 2 is 2.00 bits per heavy atom. The number of carbonyl (C=O) groups is 1. The molecule has 1 amide bonds. The summed E-state index contributed by atoms with van der Waals surface area (Å²) in [6.07, 6.45) is 10.5. The Labute approximate surface area is 176 Å². The third kappa shape index (κ3) is 3.93. The highest BCUT2D eigenvalue weighted by atomic mass is 16.5. The van der Waals surface area contributed by atoms with E-state index in [1.54, 1.807) is 12.7 Å². The molecule has 2 fully saturated rings. The van der Waals surface area contributed by atoms with Gasteiger partial charge in [-0.1, -0.05) is 32.3 Å². The molecule has 3 aliphatic rings. The zero-order valence-corrected chi connectivity index (χ0v) is 18.6. The number of ether oxygens (including phenoxy) is 1. The maximum absolute atomic E-state index is 11.8. The molecule has 0 saturated carbocycles. The average Bonchev–Trinajstić information content (AvgIpc) is 3.13. The minimum Gasteiger partial charge on any atom is -0.497 e. The number of carbonyl (C=O) groups excluding carboxylic acids is 1. The smallest absolute Gasteiger partial charge is 0.222 e. The second kappa shape index (κ2) is 8.67. The van der Waals surface area contributed by atoms with Crippen LogP contribution in [0.4, 0.5) is 0 Å². The summed E-state index contributed by atoms with van der Waals surface area (Å²) < 4.78 is 5.59. The first-order chi connectivity index (χ1) is 14.0. The van der Waals surface area contributed by atoms with Crippen LogP contribution in [-0.4, -0.2) is 55.5 Å². The first-order valence-electron chi connectivity index (χ1n) is 11.7. The minimum absolute atomic E-state index is 0.296. The van der Waals surface area contributed by atoms with Crippen molar-refractivity contribution in [3.05, 3.63) is 29.3 Å². The van der Waals surface area contributed by atoms with Crippen molar-refractivity contribution in [3.8, 4) is 5.75 Å². The number of likely N-dealkylation sites (tertiary alicyclic amines) is 2. The van der Waals surface area contributed by atoms with Crippen molar-refractivity contribution < 1.29 is 9.53 Å². The van der Waals surface area contributed by atoms with E-state index in [1.165, 1.54) is 50.6 Å². The van der Waals surface area contributed by atoms with E-state index in [-0.39, 0.29) is 0 Å². The molecule has 29 heavy (non-hydrogen) atoms. The van der Waals surface area contributed by atoms with Crippen LogP contribution in [0.15, 0.2) is 18.2 Å². The lowest BCUT2D eigenvalue weighted by molar-refractivity contribution is -0.127. The van der Waals surface area contributed by atoms with Gasteiger partial charge in [0, 0.05) is 31.0 Å². The SMILES string of the molecule is COc1ccc2c(c1)[C@@]1(CCCCCCN3CCCC3=O)CCN(C)[C@H](C2)[C@@H]1C. The maximum atomic E-state index is 11.8. The second-order valence-electron chi connectivity index (χ2n) is 9.62. The number of likely N-dealkylation sites (N-methyl/N-ethyl adjacent to an activating group) is 1. The number of benzene rings is 1. The quantitative estimate of drug-likeness (QED) is 0.609. The highest BCUT2D eigenvalue weighted by Crippen LogP contribution is 2.52. The molecule has 2 heterocycles. The molecule has 3 atom stereocenters. The molecule has 0 spiro atoms. The van der Waals surface area contributed by atoms with Gasteiger partial charge in [-0.25, -0.2) is 0 Å². The Hall–Kier alpha value is -1.55. The fourth-order valence-corrected chi connectivity index (χ4v) is 6.31. The van der Waals surface area contributed by atoms with Crippen LogP contribution in [0.25, 0.3) is 0 Å². The number of hydrogen-bond acceptors (Lipinski definition) is 3. The van der Waals surface area contributed by atoms with Crippen molar-refractivity contribution in [2.75, 3.05) is 33.8 Å². The van der Waals surface area contributed by atoms with Crippen LogP contribution in [0, 0.1) is 5.92 Å². The molecule has 0 radical (unpaired) electrons. The highest BCUT2D eigenvalue weighted by Gasteiger charge is 2.49. The number of unbranched alkanes of at least 4 members (excludes halogenated alkanes) is 3. The van der Waals surface area contributed by atoms with Crippen LogP contribution in [-0.2, 0) is 16.6 Å². The third-order valence-electron chi connectivity index (χ3n) is 8.18. The van der Waals surface area contributed by atoms with E-state index in [0.717, 1.165) is 38.1 Å². The summed E-state index contributed by atoms with van der Waals surface area (Å²) >= 11 is 0. The Morgan fingerprint density at radius 3 is 2.76 bits per heavy atom. The van der Waals surface area contributed by atoms with Crippen molar-refractivity contribution in [1.82, 2.24) is 9.80 Å². The standard InChI is InChI=1S/C25H38N2O2/c1-19-23-17-20-10-11-21(29-3)18-22(20)25(19,13-16-26(23)2)12-6-4-5-7-14-27-15-8-9-24(27)28/h10-11,18-19,23H,4-9,12-17H2,1-3H3/t19-,23+,25-/m0/s1. The largest absolute Gasteiger partial charge is 0.497 e. The first kappa shape index (κ1) is 20.7. The van der Waals surface area contributed by atoms with Crippen molar-refractivity contribution in [2.24, 2.45) is 5.92 Å². The number of amides is 1. The molecule has 2 bridgehead atoms. The summed E-state index contributed by atoms with van der Waals surface area (Å²) in [7, 11) is 4.09. The van der Waals surface area contributed by atoms with Gasteiger partial charge < -0.3 is 14.5 Å². The number of methoxy groups -OCH3 is 1. The Bertz CT molecular complexity index is 734. The Morgan fingerprint density at radius 1 is 1.17 bits per heavy atom. The van der Waals surface area contributed by atoms with Crippen molar-refractivity contribution in [2.45, 2.75) is 76.2 Å². The highest BCUT2D eigenvalue weighted by molar-refractivity contribution is 5.77. The van der Waals surface area contributed by atoms with Gasteiger partial charge in [0.25, 0.3) is 0 Å². The van der Waals surface area contributed by atoms with Gasteiger partial charge in [0.15, 0.2) is 0 Å². The number of fused-ring (bicyclic) bond motifs is 4. The van der Waals surface area contributed by atoms with Crippen LogP contribution in [0.3, 0.4) is 0 Å².